The number of benzene rings is 1. The van der Waals surface area contributed by atoms with Crippen molar-refractivity contribution in [3.63, 3.8) is 0 Å². The van der Waals surface area contributed by atoms with Crippen molar-refractivity contribution >= 4 is 5.91 Å². The van der Waals surface area contributed by atoms with Crippen LogP contribution in [0.2, 0.25) is 0 Å². The molecule has 0 aliphatic carbocycles. The van der Waals surface area contributed by atoms with Gasteiger partial charge in [0.15, 0.2) is 0 Å². The maximum absolute atomic E-state index is 12.2. The van der Waals surface area contributed by atoms with E-state index in [9.17, 15) is 4.79 Å². The topological polar surface area (TPSA) is 54.5 Å². The second-order valence-electron chi connectivity index (χ2n) is 8.83. The fourth-order valence-electron chi connectivity index (χ4n) is 4.67. The van der Waals surface area contributed by atoms with Gasteiger partial charge < -0.3 is 10.1 Å². The highest BCUT2D eigenvalue weighted by Gasteiger charge is 2.42. The molecule has 1 unspecified atom stereocenters. The number of pyridine rings is 1. The number of aromatic nitrogens is 1. The molecule has 30 heavy (non-hydrogen) atoms. The molecule has 1 atom stereocenters. The van der Waals surface area contributed by atoms with Crippen LogP contribution in [0.25, 0.3) is 0 Å². The first-order valence-electron chi connectivity index (χ1n) is 11.2. The molecule has 1 spiro atoms. The third-order valence-electron chi connectivity index (χ3n) is 6.65. The summed E-state index contributed by atoms with van der Waals surface area (Å²) in [5, 5.41) is 3.07. The van der Waals surface area contributed by atoms with E-state index < -0.39 is 0 Å². The lowest BCUT2D eigenvalue weighted by molar-refractivity contribution is -0.122. The van der Waals surface area contributed by atoms with E-state index in [-0.39, 0.29) is 17.6 Å². The summed E-state index contributed by atoms with van der Waals surface area (Å²) >= 11 is 0. The largest absolute Gasteiger partial charge is 0.370 e. The minimum atomic E-state index is 0.0212. The van der Waals surface area contributed by atoms with Gasteiger partial charge in [-0.3, -0.25) is 14.7 Å². The Morgan fingerprint density at radius 1 is 1.20 bits per heavy atom. The molecule has 5 heteroatoms. The Morgan fingerprint density at radius 3 is 2.80 bits per heavy atom. The van der Waals surface area contributed by atoms with Gasteiger partial charge in [-0.05, 0) is 61.8 Å². The van der Waals surface area contributed by atoms with Gasteiger partial charge in [0.1, 0.15) is 0 Å². The fraction of sp³-hybridized carbons (Fsp3) is 0.520. The maximum atomic E-state index is 12.2. The number of likely N-dealkylation sites (tertiary alicyclic amines) is 1. The number of nitrogens with zero attached hydrogens (tertiary/aromatic N) is 2. The first-order valence-corrected chi connectivity index (χ1v) is 11.2. The number of piperidine rings is 1. The summed E-state index contributed by atoms with van der Waals surface area (Å²) in [6.45, 7) is 6.01. The van der Waals surface area contributed by atoms with Crippen LogP contribution in [0.5, 0.6) is 0 Å². The van der Waals surface area contributed by atoms with Gasteiger partial charge in [-0.2, -0.15) is 0 Å². The molecule has 1 aromatic carbocycles. The number of rotatable bonds is 7. The van der Waals surface area contributed by atoms with E-state index in [0.717, 1.165) is 57.3 Å². The molecule has 2 fully saturated rings. The minimum Gasteiger partial charge on any atom is -0.370 e. The van der Waals surface area contributed by atoms with E-state index in [1.807, 2.05) is 18.3 Å². The van der Waals surface area contributed by atoms with Gasteiger partial charge in [-0.25, -0.2) is 0 Å². The van der Waals surface area contributed by atoms with E-state index in [1.54, 1.807) is 6.20 Å². The van der Waals surface area contributed by atoms with E-state index >= 15 is 0 Å². The van der Waals surface area contributed by atoms with Crippen LogP contribution >= 0.6 is 0 Å². The third-order valence-corrected chi connectivity index (χ3v) is 6.65. The molecular formula is C25H33N3O2. The molecule has 0 bridgehead atoms. The van der Waals surface area contributed by atoms with Gasteiger partial charge in [-0.1, -0.05) is 30.3 Å². The first-order chi connectivity index (χ1) is 14.6. The van der Waals surface area contributed by atoms with Crippen molar-refractivity contribution in [3.8, 4) is 0 Å². The van der Waals surface area contributed by atoms with Gasteiger partial charge in [0.25, 0.3) is 0 Å². The highest BCUT2D eigenvalue weighted by atomic mass is 16.5. The van der Waals surface area contributed by atoms with Gasteiger partial charge >= 0.3 is 0 Å². The first kappa shape index (κ1) is 21.0. The SMILES string of the molecule is Cc1ccccc1CN1CCC2(CCC(CNC(=O)CCc3cccnc3)O2)CC1. The van der Waals surface area contributed by atoms with Crippen LogP contribution in [0.15, 0.2) is 48.8 Å². The molecule has 2 aliphatic heterocycles. The van der Waals surface area contributed by atoms with Crippen molar-refractivity contribution in [3.05, 3.63) is 65.5 Å². The fourth-order valence-corrected chi connectivity index (χ4v) is 4.67. The monoisotopic (exact) mass is 407 g/mol. The Hall–Kier alpha value is -2.24. The zero-order valence-corrected chi connectivity index (χ0v) is 18.0. The molecule has 5 nitrogen and oxygen atoms in total. The van der Waals surface area contributed by atoms with E-state index in [1.165, 1.54) is 11.1 Å². The third kappa shape index (κ3) is 5.46. The minimum absolute atomic E-state index is 0.0212. The van der Waals surface area contributed by atoms with Gasteiger partial charge in [0.2, 0.25) is 5.91 Å². The van der Waals surface area contributed by atoms with Crippen LogP contribution in [0, 0.1) is 6.92 Å². The average Bonchev–Trinajstić information content (AvgIpc) is 3.17. The summed E-state index contributed by atoms with van der Waals surface area (Å²) in [5.74, 6) is 0.0939. The van der Waals surface area contributed by atoms with Crippen LogP contribution in [-0.4, -0.2) is 47.1 Å². The molecule has 2 aliphatic rings. The van der Waals surface area contributed by atoms with Crippen LogP contribution in [0.1, 0.15) is 48.8 Å². The Morgan fingerprint density at radius 2 is 2.03 bits per heavy atom. The van der Waals surface area contributed by atoms with Crippen molar-refractivity contribution < 1.29 is 9.53 Å². The zero-order valence-electron chi connectivity index (χ0n) is 18.0. The summed E-state index contributed by atoms with van der Waals surface area (Å²) in [6, 6.07) is 12.6. The average molecular weight is 408 g/mol. The molecule has 2 aromatic rings. The lowest BCUT2D eigenvalue weighted by Crippen LogP contribution is -2.45. The summed E-state index contributed by atoms with van der Waals surface area (Å²) in [6.07, 6.45) is 9.28. The van der Waals surface area contributed by atoms with E-state index in [4.69, 9.17) is 4.74 Å². The van der Waals surface area contributed by atoms with Crippen LogP contribution in [0.4, 0.5) is 0 Å². The molecule has 0 saturated carbocycles. The number of ether oxygens (including phenoxy) is 1. The number of nitrogens with one attached hydrogen (secondary N) is 1. The van der Waals surface area contributed by atoms with Crippen molar-refractivity contribution in [1.29, 1.82) is 0 Å². The van der Waals surface area contributed by atoms with Crippen LogP contribution in [-0.2, 0) is 22.5 Å². The van der Waals surface area contributed by atoms with Gasteiger partial charge in [-0.15, -0.1) is 0 Å². The highest BCUT2D eigenvalue weighted by molar-refractivity contribution is 5.76. The summed E-state index contributed by atoms with van der Waals surface area (Å²) < 4.78 is 6.47. The number of hydrogen-bond donors (Lipinski definition) is 1. The molecule has 2 saturated heterocycles. The Bertz CT molecular complexity index is 831. The molecule has 160 valence electrons. The normalized spacial score (nSPS) is 21.0. The predicted molar refractivity (Wildman–Crippen MR) is 118 cm³/mol. The van der Waals surface area contributed by atoms with Crippen molar-refractivity contribution in [2.75, 3.05) is 19.6 Å². The van der Waals surface area contributed by atoms with Gasteiger partial charge in [0.05, 0.1) is 11.7 Å². The Labute approximate surface area is 179 Å². The molecule has 3 heterocycles. The Balaban J connectivity index is 1.17. The van der Waals surface area contributed by atoms with Crippen molar-refractivity contribution in [1.82, 2.24) is 15.2 Å². The summed E-state index contributed by atoms with van der Waals surface area (Å²) in [7, 11) is 0. The standard InChI is InChI=1S/C25H33N3O2/c1-20-5-2-3-7-22(20)19-28-15-12-25(13-16-28)11-10-23(30-25)18-27-24(29)9-8-21-6-4-14-26-17-21/h2-7,14,17,23H,8-13,15-16,18-19H2,1H3,(H,27,29). The number of amides is 1. The predicted octanol–water partition coefficient (Wildman–Crippen LogP) is 3.65. The van der Waals surface area contributed by atoms with Gasteiger partial charge in [0, 0.05) is 45.0 Å². The lowest BCUT2D eigenvalue weighted by atomic mass is 9.88. The number of hydrogen-bond acceptors (Lipinski definition) is 4. The second-order valence-corrected chi connectivity index (χ2v) is 8.83. The smallest absolute Gasteiger partial charge is 0.220 e. The number of carbonyl (C=O) groups is 1. The van der Waals surface area contributed by atoms with E-state index in [0.29, 0.717) is 13.0 Å². The van der Waals surface area contributed by atoms with E-state index in [2.05, 4.69) is 46.4 Å². The number of aryl methyl sites for hydroxylation is 2. The number of carbonyl (C=O) groups excluding carboxylic acids is 1. The Kier molecular flexibility index (Phi) is 6.80. The van der Waals surface area contributed by atoms with Crippen molar-refractivity contribution in [2.24, 2.45) is 0 Å². The molecule has 1 aromatic heterocycles. The van der Waals surface area contributed by atoms with Crippen molar-refractivity contribution in [2.45, 2.75) is 63.7 Å². The maximum Gasteiger partial charge on any atom is 0.220 e. The molecule has 1 N–H and O–H groups in total. The zero-order chi connectivity index (χ0) is 20.8. The molecule has 1 amide bonds. The second kappa shape index (κ2) is 9.71. The molecular weight excluding hydrogens is 374 g/mol. The highest BCUT2D eigenvalue weighted by Crippen LogP contribution is 2.39. The molecule has 4 rings (SSSR count). The molecule has 0 radical (unpaired) electrons. The summed E-state index contributed by atoms with van der Waals surface area (Å²) in [5.41, 5.74) is 3.91. The quantitative estimate of drug-likeness (QED) is 0.761. The van der Waals surface area contributed by atoms with Crippen LogP contribution < -0.4 is 5.32 Å². The van der Waals surface area contributed by atoms with Crippen LogP contribution in [0.3, 0.4) is 0 Å². The summed E-state index contributed by atoms with van der Waals surface area (Å²) in [4.78, 5) is 18.8. The lowest BCUT2D eigenvalue weighted by Gasteiger charge is -2.39.